The zero-order chi connectivity index (χ0) is 14.4. The highest BCUT2D eigenvalue weighted by Crippen LogP contribution is 2.19. The number of carboxylic acids is 1. The second-order valence-electron chi connectivity index (χ2n) is 6.04. The van der Waals surface area contributed by atoms with Crippen LogP contribution in [0.1, 0.15) is 57.8 Å². The number of carbonyl (C=O) groups is 2. The van der Waals surface area contributed by atoms with Gasteiger partial charge in [-0.25, -0.2) is 0 Å². The van der Waals surface area contributed by atoms with Crippen molar-refractivity contribution in [3.63, 3.8) is 0 Å². The van der Waals surface area contributed by atoms with E-state index in [-0.39, 0.29) is 5.91 Å². The Kier molecular flexibility index (Phi) is 5.83. The zero-order valence-electron chi connectivity index (χ0n) is 12.1. The highest BCUT2D eigenvalue weighted by Gasteiger charge is 2.28. The highest BCUT2D eigenvalue weighted by molar-refractivity contribution is 5.77. The number of aliphatic carboxylic acids is 1. The Morgan fingerprint density at radius 3 is 2.45 bits per heavy atom. The van der Waals surface area contributed by atoms with E-state index in [9.17, 15) is 14.7 Å². The van der Waals surface area contributed by atoms with Gasteiger partial charge in [0.15, 0.2) is 0 Å². The molecular weight excluding hydrogens is 256 g/mol. The minimum Gasteiger partial charge on any atom is -0.480 e. The summed E-state index contributed by atoms with van der Waals surface area (Å²) in [5.41, 5.74) is 0. The summed E-state index contributed by atoms with van der Waals surface area (Å²) in [7, 11) is 0. The van der Waals surface area contributed by atoms with Gasteiger partial charge in [-0.2, -0.15) is 0 Å². The predicted octanol–water partition coefficient (Wildman–Crippen LogP) is 1.76. The summed E-state index contributed by atoms with van der Waals surface area (Å²) in [5, 5.41) is 12.3. The first kappa shape index (κ1) is 15.3. The van der Waals surface area contributed by atoms with Crippen molar-refractivity contribution in [1.29, 1.82) is 0 Å². The van der Waals surface area contributed by atoms with Crippen molar-refractivity contribution in [2.45, 2.75) is 69.9 Å². The molecule has 1 amide bonds. The molecule has 0 aromatic carbocycles. The van der Waals surface area contributed by atoms with E-state index >= 15 is 0 Å². The van der Waals surface area contributed by atoms with E-state index in [1.54, 1.807) is 0 Å². The third-order valence-corrected chi connectivity index (χ3v) is 4.50. The standard InChI is InChI=1S/C15H26N2O3/c18-14(16-12-6-2-1-3-7-12)9-11-17-10-5-4-8-13(17)15(19)20/h12-13H,1-11H2,(H,16,18)(H,19,20). The monoisotopic (exact) mass is 282 g/mol. The van der Waals surface area contributed by atoms with Crippen molar-refractivity contribution in [2.24, 2.45) is 0 Å². The minimum absolute atomic E-state index is 0.0756. The molecule has 2 aliphatic rings. The Morgan fingerprint density at radius 2 is 1.75 bits per heavy atom. The van der Waals surface area contributed by atoms with E-state index in [4.69, 9.17) is 0 Å². The first-order valence-corrected chi connectivity index (χ1v) is 7.93. The van der Waals surface area contributed by atoms with Crippen LogP contribution >= 0.6 is 0 Å². The molecule has 1 saturated heterocycles. The topological polar surface area (TPSA) is 69.6 Å². The van der Waals surface area contributed by atoms with Gasteiger partial charge in [0.05, 0.1) is 0 Å². The quantitative estimate of drug-likeness (QED) is 0.806. The maximum Gasteiger partial charge on any atom is 0.320 e. The minimum atomic E-state index is -0.752. The van der Waals surface area contributed by atoms with Crippen LogP contribution in [-0.2, 0) is 9.59 Å². The van der Waals surface area contributed by atoms with E-state index < -0.39 is 12.0 Å². The van der Waals surface area contributed by atoms with E-state index in [0.29, 0.717) is 25.4 Å². The number of piperidine rings is 1. The second kappa shape index (κ2) is 7.62. The van der Waals surface area contributed by atoms with Crippen molar-refractivity contribution in [3.8, 4) is 0 Å². The van der Waals surface area contributed by atoms with E-state index in [0.717, 1.165) is 32.2 Å². The molecule has 1 aliphatic heterocycles. The number of likely N-dealkylation sites (tertiary alicyclic amines) is 1. The molecule has 5 nitrogen and oxygen atoms in total. The number of amides is 1. The van der Waals surface area contributed by atoms with Gasteiger partial charge in [0, 0.05) is 19.0 Å². The predicted molar refractivity (Wildman–Crippen MR) is 76.5 cm³/mol. The van der Waals surface area contributed by atoms with Gasteiger partial charge in [-0.05, 0) is 32.2 Å². The van der Waals surface area contributed by atoms with Crippen molar-refractivity contribution in [3.05, 3.63) is 0 Å². The van der Waals surface area contributed by atoms with E-state index in [1.165, 1.54) is 19.3 Å². The number of hydrogen-bond acceptors (Lipinski definition) is 3. The zero-order valence-corrected chi connectivity index (χ0v) is 12.1. The van der Waals surface area contributed by atoms with Gasteiger partial charge in [-0.1, -0.05) is 25.7 Å². The number of carboxylic acid groups (broad SMARTS) is 1. The Labute approximate surface area is 120 Å². The van der Waals surface area contributed by atoms with Crippen LogP contribution in [0, 0.1) is 0 Å². The third-order valence-electron chi connectivity index (χ3n) is 4.50. The van der Waals surface area contributed by atoms with Gasteiger partial charge < -0.3 is 10.4 Å². The van der Waals surface area contributed by atoms with Gasteiger partial charge in [0.1, 0.15) is 6.04 Å². The van der Waals surface area contributed by atoms with Crippen LogP contribution in [0.2, 0.25) is 0 Å². The number of carbonyl (C=O) groups excluding carboxylic acids is 1. The van der Waals surface area contributed by atoms with Crippen molar-refractivity contribution in [2.75, 3.05) is 13.1 Å². The van der Waals surface area contributed by atoms with Gasteiger partial charge in [0.25, 0.3) is 0 Å². The lowest BCUT2D eigenvalue weighted by Crippen LogP contribution is -2.46. The molecular formula is C15H26N2O3. The van der Waals surface area contributed by atoms with Gasteiger partial charge >= 0.3 is 5.97 Å². The maximum atomic E-state index is 11.9. The van der Waals surface area contributed by atoms with Gasteiger partial charge in [0.2, 0.25) is 5.91 Å². The fraction of sp³-hybridized carbons (Fsp3) is 0.867. The first-order valence-electron chi connectivity index (χ1n) is 7.93. The van der Waals surface area contributed by atoms with Crippen molar-refractivity contribution >= 4 is 11.9 Å². The average Bonchev–Trinajstić information content (AvgIpc) is 2.46. The molecule has 2 rings (SSSR count). The molecule has 0 bridgehead atoms. The molecule has 20 heavy (non-hydrogen) atoms. The van der Waals surface area contributed by atoms with Crippen molar-refractivity contribution < 1.29 is 14.7 Å². The Morgan fingerprint density at radius 1 is 1.05 bits per heavy atom. The van der Waals surface area contributed by atoms with Crippen LogP contribution in [0.4, 0.5) is 0 Å². The molecule has 1 heterocycles. The summed E-state index contributed by atoms with van der Waals surface area (Å²) >= 11 is 0. The maximum absolute atomic E-state index is 11.9. The SMILES string of the molecule is O=C(CCN1CCCCC1C(=O)O)NC1CCCCC1. The van der Waals surface area contributed by atoms with Crippen LogP contribution in [-0.4, -0.2) is 47.1 Å². The van der Waals surface area contributed by atoms with Crippen LogP contribution in [0.5, 0.6) is 0 Å². The molecule has 2 fully saturated rings. The van der Waals surface area contributed by atoms with E-state index in [1.807, 2.05) is 4.90 Å². The van der Waals surface area contributed by atoms with Crippen LogP contribution < -0.4 is 5.32 Å². The normalized spacial score (nSPS) is 25.3. The summed E-state index contributed by atoms with van der Waals surface area (Å²) in [4.78, 5) is 25.1. The Bertz CT molecular complexity index is 340. The first-order chi connectivity index (χ1) is 9.66. The summed E-state index contributed by atoms with van der Waals surface area (Å²) < 4.78 is 0. The van der Waals surface area contributed by atoms with Gasteiger partial charge in [-0.3, -0.25) is 14.5 Å². The van der Waals surface area contributed by atoms with Crippen molar-refractivity contribution in [1.82, 2.24) is 10.2 Å². The number of hydrogen-bond donors (Lipinski definition) is 2. The van der Waals surface area contributed by atoms with Gasteiger partial charge in [-0.15, -0.1) is 0 Å². The Hall–Kier alpha value is -1.10. The lowest BCUT2D eigenvalue weighted by molar-refractivity contribution is -0.145. The molecule has 0 aromatic rings. The molecule has 1 saturated carbocycles. The lowest BCUT2D eigenvalue weighted by Gasteiger charge is -2.32. The number of rotatable bonds is 5. The van der Waals surface area contributed by atoms with E-state index in [2.05, 4.69) is 5.32 Å². The molecule has 2 N–H and O–H groups in total. The third kappa shape index (κ3) is 4.47. The number of nitrogens with one attached hydrogen (secondary N) is 1. The molecule has 0 spiro atoms. The highest BCUT2D eigenvalue weighted by atomic mass is 16.4. The summed E-state index contributed by atoms with van der Waals surface area (Å²) in [6.07, 6.45) is 9.01. The largest absolute Gasteiger partial charge is 0.480 e. The van der Waals surface area contributed by atoms with Crippen LogP contribution in [0.25, 0.3) is 0 Å². The summed E-state index contributed by atoms with van der Waals surface area (Å²) in [5.74, 6) is -0.677. The average molecular weight is 282 g/mol. The summed E-state index contributed by atoms with van der Waals surface area (Å²) in [6.45, 7) is 1.36. The molecule has 0 radical (unpaired) electrons. The smallest absolute Gasteiger partial charge is 0.320 e. The molecule has 1 aliphatic carbocycles. The number of nitrogens with zero attached hydrogens (tertiary/aromatic N) is 1. The molecule has 1 unspecified atom stereocenters. The van der Waals surface area contributed by atoms with Crippen LogP contribution in [0.15, 0.2) is 0 Å². The Balaban J connectivity index is 1.72. The fourth-order valence-electron chi connectivity index (χ4n) is 3.33. The molecule has 0 aromatic heterocycles. The molecule has 114 valence electrons. The fourth-order valence-corrected chi connectivity index (χ4v) is 3.33. The second-order valence-corrected chi connectivity index (χ2v) is 6.04. The van der Waals surface area contributed by atoms with Crippen LogP contribution in [0.3, 0.4) is 0 Å². The summed E-state index contributed by atoms with van der Waals surface area (Å²) in [6, 6.07) is -0.0564. The molecule has 1 atom stereocenters. The molecule has 5 heteroatoms. The lowest BCUT2D eigenvalue weighted by atomic mass is 9.95.